The van der Waals surface area contributed by atoms with Crippen molar-refractivity contribution in [2.24, 2.45) is 0 Å². The van der Waals surface area contributed by atoms with Crippen LogP contribution in [0.25, 0.3) is 0 Å². The van der Waals surface area contributed by atoms with Gasteiger partial charge < -0.3 is 15.4 Å². The van der Waals surface area contributed by atoms with E-state index in [1.165, 1.54) is 12.1 Å². The number of carbonyl (C=O) groups excluding carboxylic acids is 4. The molecular formula is C18H24N4O5S. The number of hydrogen-bond donors (Lipinski definition) is 4. The molecule has 1 rings (SSSR count). The normalized spacial score (nSPS) is 9.79. The second-order valence-corrected chi connectivity index (χ2v) is 6.06. The topological polar surface area (TPSA) is 126 Å². The van der Waals surface area contributed by atoms with Crippen LogP contribution in [-0.4, -0.2) is 35.4 Å². The Morgan fingerprint density at radius 3 is 2.25 bits per heavy atom. The van der Waals surface area contributed by atoms with Gasteiger partial charge in [-0.2, -0.15) is 0 Å². The number of amides is 3. The van der Waals surface area contributed by atoms with Crippen LogP contribution < -0.4 is 21.5 Å². The summed E-state index contributed by atoms with van der Waals surface area (Å²) in [6.07, 6.45) is 0.933. The average Bonchev–Trinajstić information content (AvgIpc) is 2.69. The van der Waals surface area contributed by atoms with Crippen LogP contribution in [0.4, 0.5) is 5.69 Å². The van der Waals surface area contributed by atoms with Gasteiger partial charge in [0.05, 0.1) is 13.0 Å². The van der Waals surface area contributed by atoms with Crippen molar-refractivity contribution in [1.29, 1.82) is 0 Å². The third-order valence-corrected chi connectivity index (χ3v) is 3.52. The lowest BCUT2D eigenvalue weighted by molar-refractivity contribution is -0.144. The molecule has 0 aliphatic heterocycles. The van der Waals surface area contributed by atoms with E-state index in [2.05, 4.69) is 21.5 Å². The number of nitrogens with one attached hydrogen (secondary N) is 4. The zero-order valence-corrected chi connectivity index (χ0v) is 16.6. The highest BCUT2D eigenvalue weighted by Crippen LogP contribution is 2.09. The molecule has 3 amide bonds. The number of esters is 1. The minimum Gasteiger partial charge on any atom is -0.466 e. The first-order valence-electron chi connectivity index (χ1n) is 8.81. The number of thiocarbonyl (C=S) groups is 1. The molecule has 9 nitrogen and oxygen atoms in total. The zero-order chi connectivity index (χ0) is 20.9. The van der Waals surface area contributed by atoms with Crippen molar-refractivity contribution in [3.8, 4) is 0 Å². The molecule has 0 aliphatic rings. The fourth-order valence-electron chi connectivity index (χ4n) is 1.86. The second-order valence-electron chi connectivity index (χ2n) is 5.66. The van der Waals surface area contributed by atoms with Crippen molar-refractivity contribution in [2.45, 2.75) is 39.5 Å². The Balaban J connectivity index is 2.35. The Morgan fingerprint density at radius 1 is 0.964 bits per heavy atom. The summed E-state index contributed by atoms with van der Waals surface area (Å²) in [5.74, 6) is -1.54. The highest BCUT2D eigenvalue weighted by Gasteiger charge is 2.11. The highest BCUT2D eigenvalue weighted by molar-refractivity contribution is 7.80. The van der Waals surface area contributed by atoms with Gasteiger partial charge >= 0.3 is 5.97 Å². The van der Waals surface area contributed by atoms with Gasteiger partial charge in [0.1, 0.15) is 0 Å². The molecule has 152 valence electrons. The summed E-state index contributed by atoms with van der Waals surface area (Å²) in [6.45, 7) is 3.93. The Bertz CT molecular complexity index is 721. The Kier molecular flexibility index (Phi) is 10.2. The van der Waals surface area contributed by atoms with Gasteiger partial charge in [0.2, 0.25) is 11.8 Å². The third-order valence-electron chi connectivity index (χ3n) is 3.32. The van der Waals surface area contributed by atoms with Crippen LogP contribution in [-0.2, 0) is 19.1 Å². The summed E-state index contributed by atoms with van der Waals surface area (Å²) >= 11 is 4.91. The summed E-state index contributed by atoms with van der Waals surface area (Å²) < 4.78 is 4.86. The van der Waals surface area contributed by atoms with Crippen molar-refractivity contribution in [3.63, 3.8) is 0 Å². The largest absolute Gasteiger partial charge is 0.466 e. The van der Waals surface area contributed by atoms with E-state index in [1.807, 2.05) is 6.92 Å². The monoisotopic (exact) mass is 408 g/mol. The van der Waals surface area contributed by atoms with Crippen molar-refractivity contribution in [1.82, 2.24) is 16.2 Å². The molecule has 1 aromatic rings. The molecule has 0 bridgehead atoms. The first kappa shape index (κ1) is 23.0. The number of hydrazine groups is 1. The Morgan fingerprint density at radius 2 is 1.64 bits per heavy atom. The molecule has 0 saturated carbocycles. The minimum absolute atomic E-state index is 0.0538. The van der Waals surface area contributed by atoms with Gasteiger partial charge in [-0.05, 0) is 42.9 Å². The van der Waals surface area contributed by atoms with E-state index in [0.29, 0.717) is 30.7 Å². The van der Waals surface area contributed by atoms with Crippen molar-refractivity contribution in [3.05, 3.63) is 29.8 Å². The van der Waals surface area contributed by atoms with E-state index in [-0.39, 0.29) is 23.9 Å². The van der Waals surface area contributed by atoms with Gasteiger partial charge in [0.15, 0.2) is 5.11 Å². The number of benzene rings is 1. The predicted octanol–water partition coefficient (Wildman–Crippen LogP) is 1.40. The molecule has 0 aromatic heterocycles. The van der Waals surface area contributed by atoms with Crippen molar-refractivity contribution >= 4 is 46.7 Å². The summed E-state index contributed by atoms with van der Waals surface area (Å²) in [5.41, 5.74) is 5.66. The maximum absolute atomic E-state index is 12.0. The second kappa shape index (κ2) is 12.4. The standard InChI is InChI=1S/C18H24N4O5S/c1-3-11-27-16(25)10-9-15(24)20-18(28)22-21-17(26)12-5-7-13(8-6-12)19-14(23)4-2/h5-8H,3-4,9-11H2,1-2H3,(H,19,23)(H,21,26)(H2,20,22,24,28). The summed E-state index contributed by atoms with van der Waals surface area (Å²) in [4.78, 5) is 46.4. The van der Waals surface area contributed by atoms with Crippen LogP contribution in [0.1, 0.15) is 49.9 Å². The van der Waals surface area contributed by atoms with Gasteiger partial charge in [0.25, 0.3) is 5.91 Å². The number of rotatable bonds is 8. The molecule has 0 aliphatic carbocycles. The number of hydrogen-bond acceptors (Lipinski definition) is 6. The van der Waals surface area contributed by atoms with Crippen LogP contribution in [0.15, 0.2) is 24.3 Å². The van der Waals surface area contributed by atoms with Crippen LogP contribution in [0.3, 0.4) is 0 Å². The molecule has 0 fully saturated rings. The number of carbonyl (C=O) groups is 4. The molecule has 0 spiro atoms. The summed E-state index contributed by atoms with van der Waals surface area (Å²) in [6, 6.07) is 6.26. The number of anilines is 1. The highest BCUT2D eigenvalue weighted by atomic mass is 32.1. The van der Waals surface area contributed by atoms with Crippen molar-refractivity contribution in [2.75, 3.05) is 11.9 Å². The van der Waals surface area contributed by atoms with E-state index in [4.69, 9.17) is 17.0 Å². The molecule has 0 atom stereocenters. The summed E-state index contributed by atoms with van der Waals surface area (Å²) in [5, 5.41) is 4.92. The van der Waals surface area contributed by atoms with E-state index < -0.39 is 17.8 Å². The van der Waals surface area contributed by atoms with Gasteiger partial charge in [-0.15, -0.1) is 0 Å². The maximum Gasteiger partial charge on any atom is 0.306 e. The van der Waals surface area contributed by atoms with Crippen LogP contribution in [0, 0.1) is 0 Å². The molecule has 28 heavy (non-hydrogen) atoms. The van der Waals surface area contributed by atoms with Gasteiger partial charge in [-0.3, -0.25) is 30.0 Å². The van der Waals surface area contributed by atoms with E-state index in [9.17, 15) is 19.2 Å². The molecule has 0 heterocycles. The van der Waals surface area contributed by atoms with E-state index in [1.54, 1.807) is 19.1 Å². The third kappa shape index (κ3) is 9.08. The first-order valence-corrected chi connectivity index (χ1v) is 9.22. The lowest BCUT2D eigenvalue weighted by atomic mass is 10.2. The number of ether oxygens (including phenoxy) is 1. The molecular weight excluding hydrogens is 384 g/mol. The summed E-state index contributed by atoms with van der Waals surface area (Å²) in [7, 11) is 0. The molecule has 10 heteroatoms. The fraction of sp³-hybridized carbons (Fsp3) is 0.389. The Hall–Kier alpha value is -3.01. The lowest BCUT2D eigenvalue weighted by Gasteiger charge is -2.11. The van der Waals surface area contributed by atoms with E-state index >= 15 is 0 Å². The Labute approximate surface area is 168 Å². The molecule has 0 saturated heterocycles. The zero-order valence-electron chi connectivity index (χ0n) is 15.8. The first-order chi connectivity index (χ1) is 13.3. The van der Waals surface area contributed by atoms with Crippen LogP contribution in [0.2, 0.25) is 0 Å². The van der Waals surface area contributed by atoms with Gasteiger partial charge in [-0.25, -0.2) is 0 Å². The van der Waals surface area contributed by atoms with Crippen molar-refractivity contribution < 1.29 is 23.9 Å². The van der Waals surface area contributed by atoms with E-state index in [0.717, 1.165) is 0 Å². The SMILES string of the molecule is CCCOC(=O)CCC(=O)NC(=S)NNC(=O)c1ccc(NC(=O)CC)cc1. The smallest absolute Gasteiger partial charge is 0.306 e. The fourth-order valence-corrected chi connectivity index (χ4v) is 2.03. The average molecular weight is 408 g/mol. The lowest BCUT2D eigenvalue weighted by Crippen LogP contribution is -2.48. The molecule has 0 radical (unpaired) electrons. The molecule has 1 aromatic carbocycles. The van der Waals surface area contributed by atoms with Gasteiger partial charge in [-0.1, -0.05) is 13.8 Å². The minimum atomic E-state index is -0.479. The van der Waals surface area contributed by atoms with Crippen LogP contribution >= 0.6 is 12.2 Å². The van der Waals surface area contributed by atoms with Gasteiger partial charge in [0, 0.05) is 24.1 Å². The maximum atomic E-state index is 12.0. The quantitative estimate of drug-likeness (QED) is 0.291. The predicted molar refractivity (Wildman–Crippen MR) is 107 cm³/mol. The molecule has 4 N–H and O–H groups in total. The van der Waals surface area contributed by atoms with Crippen LogP contribution in [0.5, 0.6) is 0 Å². The molecule has 0 unspecified atom stereocenters.